The Morgan fingerprint density at radius 1 is 0.579 bits per heavy atom. The van der Waals surface area contributed by atoms with Gasteiger partial charge in [-0.15, -0.1) is 0 Å². The molecule has 4 heterocycles. The fourth-order valence-electron chi connectivity index (χ4n) is 5.93. The third-order valence-electron chi connectivity index (χ3n) is 9.28. The number of benzene rings is 2. The molecule has 4 atom stereocenters. The number of H-pyrrole nitrogens is 2. The summed E-state index contributed by atoms with van der Waals surface area (Å²) in [5.41, 5.74) is 7.37. The van der Waals surface area contributed by atoms with Crippen molar-refractivity contribution in [2.45, 2.75) is 78.6 Å². The SMILES string of the molecule is C[C@H]1N[C@H](c2ncc(-c3ccc(-c4ccc(-c5cnc([C@@H]6CC(C)(C)[C@@H](C)N6)[nH]5)cc4)cc3)[nH]2)CC1(C)C. The van der Waals surface area contributed by atoms with Crippen LogP contribution >= 0.6 is 0 Å². The van der Waals surface area contributed by atoms with Crippen molar-refractivity contribution in [3.8, 4) is 33.6 Å². The second-order valence-electron chi connectivity index (χ2n) is 12.8. The van der Waals surface area contributed by atoms with Crippen molar-refractivity contribution in [1.82, 2.24) is 30.6 Å². The zero-order valence-corrected chi connectivity index (χ0v) is 23.4. The summed E-state index contributed by atoms with van der Waals surface area (Å²) in [6.07, 6.45) is 6.09. The molecule has 0 bridgehead atoms. The summed E-state index contributed by atoms with van der Waals surface area (Å²) in [5.74, 6) is 2.06. The van der Waals surface area contributed by atoms with Crippen LogP contribution in [0.25, 0.3) is 33.6 Å². The zero-order chi connectivity index (χ0) is 26.7. The molecular formula is C32H40N6. The van der Waals surface area contributed by atoms with E-state index in [1.54, 1.807) is 0 Å². The minimum Gasteiger partial charge on any atom is -0.341 e. The van der Waals surface area contributed by atoms with Crippen LogP contribution in [0.15, 0.2) is 60.9 Å². The Kier molecular flexibility index (Phi) is 6.08. The number of aromatic nitrogens is 4. The second kappa shape index (κ2) is 9.21. The Morgan fingerprint density at radius 2 is 0.921 bits per heavy atom. The van der Waals surface area contributed by atoms with Crippen molar-refractivity contribution in [2.24, 2.45) is 10.8 Å². The molecule has 2 aromatic carbocycles. The van der Waals surface area contributed by atoms with Gasteiger partial charge in [0.2, 0.25) is 0 Å². The highest BCUT2D eigenvalue weighted by Crippen LogP contribution is 2.40. The maximum absolute atomic E-state index is 4.70. The summed E-state index contributed by atoms with van der Waals surface area (Å²) in [5, 5.41) is 7.38. The summed E-state index contributed by atoms with van der Waals surface area (Å²) in [7, 11) is 0. The van der Waals surface area contributed by atoms with Gasteiger partial charge in [-0.3, -0.25) is 0 Å². The molecule has 6 nitrogen and oxygen atoms in total. The number of imidazole rings is 2. The van der Waals surface area contributed by atoms with Crippen LogP contribution in [0.2, 0.25) is 0 Å². The fraction of sp³-hybridized carbons (Fsp3) is 0.438. The summed E-state index contributed by atoms with van der Waals surface area (Å²) in [6.45, 7) is 13.8. The Balaban J connectivity index is 1.14. The number of nitrogens with one attached hydrogen (secondary N) is 4. The van der Waals surface area contributed by atoms with Gasteiger partial charge in [-0.05, 0) is 59.8 Å². The normalized spacial score (nSPS) is 26.2. The largest absolute Gasteiger partial charge is 0.341 e. The van der Waals surface area contributed by atoms with Crippen LogP contribution in [0, 0.1) is 10.8 Å². The Bertz CT molecular complexity index is 1300. The molecule has 2 aliphatic rings. The van der Waals surface area contributed by atoms with E-state index in [4.69, 9.17) is 9.97 Å². The fourth-order valence-corrected chi connectivity index (χ4v) is 5.93. The van der Waals surface area contributed by atoms with Crippen molar-refractivity contribution in [2.75, 3.05) is 0 Å². The smallest absolute Gasteiger partial charge is 0.123 e. The van der Waals surface area contributed by atoms with Crippen LogP contribution in [0.1, 0.15) is 78.1 Å². The van der Waals surface area contributed by atoms with Gasteiger partial charge in [0, 0.05) is 12.1 Å². The highest BCUT2D eigenvalue weighted by Gasteiger charge is 2.39. The summed E-state index contributed by atoms with van der Waals surface area (Å²) >= 11 is 0. The molecule has 0 amide bonds. The van der Waals surface area contributed by atoms with Gasteiger partial charge in [0.25, 0.3) is 0 Å². The molecule has 0 unspecified atom stereocenters. The lowest BCUT2D eigenvalue weighted by Crippen LogP contribution is -2.29. The molecule has 6 heteroatoms. The van der Waals surface area contributed by atoms with Crippen LogP contribution < -0.4 is 10.6 Å². The monoisotopic (exact) mass is 508 g/mol. The summed E-state index contributed by atoms with van der Waals surface area (Å²) < 4.78 is 0. The molecule has 2 aromatic heterocycles. The third-order valence-corrected chi connectivity index (χ3v) is 9.28. The molecule has 2 fully saturated rings. The number of rotatable bonds is 5. The predicted octanol–water partition coefficient (Wildman–Crippen LogP) is 7.03. The van der Waals surface area contributed by atoms with Crippen LogP contribution in [-0.2, 0) is 0 Å². The van der Waals surface area contributed by atoms with Gasteiger partial charge in [0.1, 0.15) is 11.6 Å². The molecule has 0 radical (unpaired) electrons. The lowest BCUT2D eigenvalue weighted by Gasteiger charge is -2.21. The first-order valence-corrected chi connectivity index (χ1v) is 13.9. The molecule has 4 N–H and O–H groups in total. The van der Waals surface area contributed by atoms with Crippen molar-refractivity contribution >= 4 is 0 Å². The van der Waals surface area contributed by atoms with Crippen LogP contribution in [-0.4, -0.2) is 32.0 Å². The molecule has 6 rings (SSSR count). The lowest BCUT2D eigenvalue weighted by atomic mass is 9.84. The van der Waals surface area contributed by atoms with E-state index in [-0.39, 0.29) is 22.9 Å². The maximum atomic E-state index is 4.70. The minimum atomic E-state index is 0.275. The van der Waals surface area contributed by atoms with E-state index >= 15 is 0 Å². The molecular weight excluding hydrogens is 468 g/mol. The first-order chi connectivity index (χ1) is 18.1. The predicted molar refractivity (Wildman–Crippen MR) is 155 cm³/mol. The summed E-state index contributed by atoms with van der Waals surface area (Å²) in [4.78, 5) is 16.5. The van der Waals surface area contributed by atoms with Gasteiger partial charge in [-0.25, -0.2) is 9.97 Å². The number of hydrogen-bond donors (Lipinski definition) is 4. The quantitative estimate of drug-likeness (QED) is 0.233. The van der Waals surface area contributed by atoms with Crippen LogP contribution in [0.3, 0.4) is 0 Å². The van der Waals surface area contributed by atoms with Gasteiger partial charge in [-0.2, -0.15) is 0 Å². The average Bonchev–Trinajstić information content (AvgIpc) is 3.67. The topological polar surface area (TPSA) is 81.4 Å². The third kappa shape index (κ3) is 4.61. The maximum Gasteiger partial charge on any atom is 0.123 e. The highest BCUT2D eigenvalue weighted by molar-refractivity contribution is 5.71. The number of aromatic amines is 2. The van der Waals surface area contributed by atoms with Gasteiger partial charge in [0.05, 0.1) is 35.9 Å². The summed E-state index contributed by atoms with van der Waals surface area (Å²) in [6, 6.07) is 19.0. The molecule has 0 spiro atoms. The van der Waals surface area contributed by atoms with E-state index in [0.29, 0.717) is 12.1 Å². The minimum absolute atomic E-state index is 0.275. The van der Waals surface area contributed by atoms with Gasteiger partial charge < -0.3 is 20.6 Å². The molecule has 2 saturated heterocycles. The zero-order valence-electron chi connectivity index (χ0n) is 23.4. The van der Waals surface area contributed by atoms with Crippen molar-refractivity contribution < 1.29 is 0 Å². The highest BCUT2D eigenvalue weighted by atomic mass is 15.1. The van der Waals surface area contributed by atoms with E-state index < -0.39 is 0 Å². The Labute approximate surface area is 226 Å². The van der Waals surface area contributed by atoms with E-state index in [0.717, 1.165) is 47.0 Å². The molecule has 0 saturated carbocycles. The van der Waals surface area contributed by atoms with Crippen molar-refractivity contribution in [1.29, 1.82) is 0 Å². The Hall–Kier alpha value is -3.22. The van der Waals surface area contributed by atoms with E-state index in [1.807, 2.05) is 12.4 Å². The van der Waals surface area contributed by atoms with E-state index in [1.165, 1.54) is 11.1 Å². The average molecular weight is 509 g/mol. The van der Waals surface area contributed by atoms with Crippen LogP contribution in [0.4, 0.5) is 0 Å². The van der Waals surface area contributed by atoms with Crippen LogP contribution in [0.5, 0.6) is 0 Å². The van der Waals surface area contributed by atoms with Crippen molar-refractivity contribution in [3.05, 3.63) is 72.6 Å². The van der Waals surface area contributed by atoms with E-state index in [9.17, 15) is 0 Å². The molecule has 4 aromatic rings. The molecule has 198 valence electrons. The first kappa shape index (κ1) is 25.1. The number of hydrogen-bond acceptors (Lipinski definition) is 4. The van der Waals surface area contributed by atoms with E-state index in [2.05, 4.69) is 111 Å². The molecule has 38 heavy (non-hydrogen) atoms. The standard InChI is InChI=1S/C32H40N6/c1-19-31(3,4)15-25(35-19)29-33-17-27(37-29)23-11-7-21(8-12-23)22-9-13-24(14-10-22)28-18-34-30(38-28)26-16-32(5,6)20(2)36-26/h7-14,17-20,25-26,35-36H,15-16H2,1-6H3,(H,33,37)(H,34,38)/t19-,20-,25+,26+/m1/s1. The van der Waals surface area contributed by atoms with Crippen molar-refractivity contribution in [3.63, 3.8) is 0 Å². The number of nitrogens with zero attached hydrogens (tertiary/aromatic N) is 2. The van der Waals surface area contributed by atoms with Gasteiger partial charge in [0.15, 0.2) is 0 Å². The van der Waals surface area contributed by atoms with Gasteiger partial charge >= 0.3 is 0 Å². The second-order valence-corrected chi connectivity index (χ2v) is 12.8. The molecule has 2 aliphatic heterocycles. The van der Waals surface area contributed by atoms with Gasteiger partial charge in [-0.1, -0.05) is 76.2 Å². The first-order valence-electron chi connectivity index (χ1n) is 13.9. The molecule has 0 aliphatic carbocycles. The lowest BCUT2D eigenvalue weighted by molar-refractivity contribution is 0.331. The Morgan fingerprint density at radius 3 is 1.24 bits per heavy atom.